The summed E-state index contributed by atoms with van der Waals surface area (Å²) in [6, 6.07) is 1.42. The SMILES string of the molecule is NCCc1ncc(Br)cc1S(N)(=O)=O. The molecule has 1 heterocycles. The van der Waals surface area contributed by atoms with Crippen LogP contribution in [0.4, 0.5) is 0 Å². The van der Waals surface area contributed by atoms with E-state index in [4.69, 9.17) is 10.9 Å². The highest BCUT2D eigenvalue weighted by Gasteiger charge is 2.14. The van der Waals surface area contributed by atoms with Gasteiger partial charge in [-0.25, -0.2) is 13.6 Å². The Kier molecular flexibility index (Phi) is 3.59. The first-order valence-electron chi connectivity index (χ1n) is 3.82. The van der Waals surface area contributed by atoms with Gasteiger partial charge in [0.15, 0.2) is 0 Å². The van der Waals surface area contributed by atoms with Gasteiger partial charge in [-0.05, 0) is 28.5 Å². The lowest BCUT2D eigenvalue weighted by Crippen LogP contribution is -2.17. The first-order chi connectivity index (χ1) is 6.45. The molecule has 0 spiro atoms. The van der Waals surface area contributed by atoms with Crippen LogP contribution in [-0.4, -0.2) is 19.9 Å². The van der Waals surface area contributed by atoms with Crippen molar-refractivity contribution in [1.82, 2.24) is 4.98 Å². The fourth-order valence-electron chi connectivity index (χ4n) is 1.02. The number of nitrogens with two attached hydrogens (primary N) is 2. The molecular formula is C7H10BrN3O2S. The van der Waals surface area contributed by atoms with Crippen LogP contribution in [0.1, 0.15) is 5.69 Å². The minimum Gasteiger partial charge on any atom is -0.330 e. The standard InChI is InChI=1S/C7H10BrN3O2S/c8-5-3-7(14(10,12)13)6(1-2-9)11-4-5/h3-4H,1-2,9H2,(H2,10,12,13). The minimum absolute atomic E-state index is 0.0253. The van der Waals surface area contributed by atoms with Crippen LogP contribution in [-0.2, 0) is 16.4 Å². The number of nitrogens with zero attached hydrogens (tertiary/aromatic N) is 1. The molecule has 14 heavy (non-hydrogen) atoms. The van der Waals surface area contributed by atoms with Crippen LogP contribution in [0.2, 0.25) is 0 Å². The molecule has 0 atom stereocenters. The number of sulfonamides is 1. The molecule has 0 bridgehead atoms. The van der Waals surface area contributed by atoms with Crippen molar-refractivity contribution in [1.29, 1.82) is 0 Å². The van der Waals surface area contributed by atoms with Crippen LogP contribution >= 0.6 is 15.9 Å². The molecule has 0 aliphatic carbocycles. The maximum atomic E-state index is 11.2. The Labute approximate surface area is 90.7 Å². The Hall–Kier alpha value is -0.500. The summed E-state index contributed by atoms with van der Waals surface area (Å²) in [6.07, 6.45) is 1.90. The average molecular weight is 280 g/mol. The summed E-state index contributed by atoms with van der Waals surface area (Å²) >= 11 is 3.13. The van der Waals surface area contributed by atoms with Crippen LogP contribution < -0.4 is 10.9 Å². The van der Waals surface area contributed by atoms with E-state index in [1.54, 1.807) is 0 Å². The van der Waals surface area contributed by atoms with Gasteiger partial charge >= 0.3 is 0 Å². The van der Waals surface area contributed by atoms with E-state index in [0.717, 1.165) is 0 Å². The number of hydrogen-bond donors (Lipinski definition) is 2. The summed E-state index contributed by atoms with van der Waals surface area (Å²) in [7, 11) is -3.73. The zero-order chi connectivity index (χ0) is 10.8. The number of halogens is 1. The molecule has 1 rings (SSSR count). The van der Waals surface area contributed by atoms with Crippen molar-refractivity contribution in [2.24, 2.45) is 10.9 Å². The van der Waals surface area contributed by atoms with Crippen molar-refractivity contribution in [3.63, 3.8) is 0 Å². The topological polar surface area (TPSA) is 99.1 Å². The van der Waals surface area contributed by atoms with Gasteiger partial charge in [-0.3, -0.25) is 4.98 Å². The average Bonchev–Trinajstić information content (AvgIpc) is 2.07. The third-order valence-corrected chi connectivity index (χ3v) is 2.98. The molecule has 0 unspecified atom stereocenters. The molecule has 1 aromatic heterocycles. The summed E-state index contributed by atoms with van der Waals surface area (Å²) in [4.78, 5) is 3.97. The first kappa shape index (κ1) is 11.6. The van der Waals surface area contributed by atoms with E-state index in [9.17, 15) is 8.42 Å². The van der Waals surface area contributed by atoms with Gasteiger partial charge in [-0.15, -0.1) is 0 Å². The Morgan fingerprint density at radius 3 is 2.64 bits per heavy atom. The van der Waals surface area contributed by atoms with Gasteiger partial charge in [0.2, 0.25) is 10.0 Å². The fraction of sp³-hybridized carbons (Fsp3) is 0.286. The highest BCUT2D eigenvalue weighted by Crippen LogP contribution is 2.17. The molecule has 0 saturated heterocycles. The Morgan fingerprint density at radius 2 is 2.14 bits per heavy atom. The van der Waals surface area contributed by atoms with E-state index in [1.807, 2.05) is 0 Å². The number of hydrogen-bond acceptors (Lipinski definition) is 4. The van der Waals surface area contributed by atoms with Crippen LogP contribution in [0, 0.1) is 0 Å². The van der Waals surface area contributed by atoms with Crippen molar-refractivity contribution in [2.45, 2.75) is 11.3 Å². The fourth-order valence-corrected chi connectivity index (χ4v) is 2.28. The number of primary sulfonamides is 1. The smallest absolute Gasteiger partial charge is 0.239 e. The first-order valence-corrected chi connectivity index (χ1v) is 6.16. The van der Waals surface area contributed by atoms with Gasteiger partial charge in [-0.1, -0.05) is 0 Å². The molecule has 78 valence electrons. The largest absolute Gasteiger partial charge is 0.330 e. The Bertz CT molecular complexity index is 433. The van der Waals surface area contributed by atoms with Crippen molar-refractivity contribution in [3.8, 4) is 0 Å². The molecular weight excluding hydrogens is 270 g/mol. The lowest BCUT2D eigenvalue weighted by molar-refractivity contribution is 0.595. The van der Waals surface area contributed by atoms with Gasteiger partial charge in [0.05, 0.1) is 5.69 Å². The monoisotopic (exact) mass is 279 g/mol. The summed E-state index contributed by atoms with van der Waals surface area (Å²) in [6.45, 7) is 0.331. The number of aromatic nitrogens is 1. The lowest BCUT2D eigenvalue weighted by Gasteiger charge is -2.05. The second-order valence-electron chi connectivity index (χ2n) is 2.68. The van der Waals surface area contributed by atoms with Crippen molar-refractivity contribution in [2.75, 3.05) is 6.54 Å². The summed E-state index contributed by atoms with van der Waals surface area (Å²) in [5.74, 6) is 0. The van der Waals surface area contributed by atoms with E-state index in [2.05, 4.69) is 20.9 Å². The van der Waals surface area contributed by atoms with E-state index in [0.29, 0.717) is 23.1 Å². The molecule has 0 aromatic carbocycles. The third kappa shape index (κ3) is 2.74. The van der Waals surface area contributed by atoms with Gasteiger partial charge in [0.25, 0.3) is 0 Å². The Balaban J connectivity index is 3.30. The number of pyridine rings is 1. The van der Waals surface area contributed by atoms with Crippen molar-refractivity contribution >= 4 is 26.0 Å². The van der Waals surface area contributed by atoms with Gasteiger partial charge in [-0.2, -0.15) is 0 Å². The highest BCUT2D eigenvalue weighted by atomic mass is 79.9. The maximum Gasteiger partial charge on any atom is 0.239 e. The Morgan fingerprint density at radius 1 is 1.50 bits per heavy atom. The third-order valence-electron chi connectivity index (χ3n) is 1.58. The second kappa shape index (κ2) is 4.35. The maximum absolute atomic E-state index is 11.2. The molecule has 0 amide bonds. The molecule has 1 aromatic rings. The van der Waals surface area contributed by atoms with Crippen LogP contribution in [0.5, 0.6) is 0 Å². The van der Waals surface area contributed by atoms with E-state index >= 15 is 0 Å². The molecule has 0 aliphatic rings. The van der Waals surface area contributed by atoms with Gasteiger partial charge in [0.1, 0.15) is 4.90 Å². The quantitative estimate of drug-likeness (QED) is 0.813. The molecule has 7 heteroatoms. The molecule has 0 fully saturated rings. The predicted octanol–water partition coefficient (Wildman–Crippen LogP) is -0.00730. The van der Waals surface area contributed by atoms with E-state index < -0.39 is 10.0 Å². The minimum atomic E-state index is -3.73. The molecule has 5 nitrogen and oxygen atoms in total. The van der Waals surface area contributed by atoms with Crippen LogP contribution in [0.25, 0.3) is 0 Å². The van der Waals surface area contributed by atoms with Crippen LogP contribution in [0.15, 0.2) is 21.6 Å². The van der Waals surface area contributed by atoms with Gasteiger partial charge in [0, 0.05) is 17.1 Å². The van der Waals surface area contributed by atoms with Crippen LogP contribution in [0.3, 0.4) is 0 Å². The predicted molar refractivity (Wildman–Crippen MR) is 56.1 cm³/mol. The normalized spacial score (nSPS) is 11.6. The van der Waals surface area contributed by atoms with Crippen molar-refractivity contribution < 1.29 is 8.42 Å². The lowest BCUT2D eigenvalue weighted by atomic mass is 10.3. The molecule has 0 aliphatic heterocycles. The number of rotatable bonds is 3. The summed E-state index contributed by atoms with van der Waals surface area (Å²) in [5, 5.41) is 5.03. The van der Waals surface area contributed by atoms with E-state index in [1.165, 1.54) is 12.3 Å². The zero-order valence-electron chi connectivity index (χ0n) is 7.27. The van der Waals surface area contributed by atoms with Crippen molar-refractivity contribution in [3.05, 3.63) is 22.4 Å². The zero-order valence-corrected chi connectivity index (χ0v) is 9.68. The highest BCUT2D eigenvalue weighted by molar-refractivity contribution is 9.10. The molecule has 4 N–H and O–H groups in total. The molecule has 0 radical (unpaired) electrons. The summed E-state index contributed by atoms with van der Waals surface area (Å²) in [5.41, 5.74) is 5.72. The summed E-state index contributed by atoms with van der Waals surface area (Å²) < 4.78 is 22.9. The second-order valence-corrected chi connectivity index (χ2v) is 5.13. The molecule has 0 saturated carbocycles. The van der Waals surface area contributed by atoms with Gasteiger partial charge < -0.3 is 5.73 Å². The van der Waals surface area contributed by atoms with E-state index in [-0.39, 0.29) is 4.90 Å².